The Bertz CT molecular complexity index is 424. The van der Waals surface area contributed by atoms with Crippen LogP contribution in [0.2, 0.25) is 0 Å². The molecule has 1 aliphatic rings. The van der Waals surface area contributed by atoms with Crippen molar-refractivity contribution in [3.05, 3.63) is 39.9 Å². The zero-order chi connectivity index (χ0) is 13.1. The number of nitro groups is 1. The van der Waals surface area contributed by atoms with Crippen LogP contribution in [0.4, 0.5) is 5.69 Å². The van der Waals surface area contributed by atoms with E-state index in [-0.39, 0.29) is 17.8 Å². The van der Waals surface area contributed by atoms with Crippen molar-refractivity contribution in [3.63, 3.8) is 0 Å². The van der Waals surface area contributed by atoms with Gasteiger partial charge in [0.05, 0.1) is 0 Å². The van der Waals surface area contributed by atoms with E-state index in [0.29, 0.717) is 6.42 Å². The molecule has 5 nitrogen and oxygen atoms in total. The summed E-state index contributed by atoms with van der Waals surface area (Å²) in [6.45, 7) is 1.10. The van der Waals surface area contributed by atoms with Crippen molar-refractivity contribution in [1.82, 2.24) is 2.71 Å². The van der Waals surface area contributed by atoms with Gasteiger partial charge in [-0.2, -0.15) is 0 Å². The van der Waals surface area contributed by atoms with Gasteiger partial charge in [0.2, 0.25) is 0 Å². The fourth-order valence-electron chi connectivity index (χ4n) is 2.36. The van der Waals surface area contributed by atoms with E-state index in [1.165, 1.54) is 18.6 Å². The average Bonchev–Trinajstić information content (AvgIpc) is 2.76. The van der Waals surface area contributed by atoms with Crippen LogP contribution < -0.4 is 0 Å². The summed E-state index contributed by atoms with van der Waals surface area (Å²) in [5.74, 6) is 0. The number of hydrogen-bond acceptors (Lipinski definition) is 4. The topological polar surface area (TPSA) is 66.6 Å². The number of nitrogens with zero attached hydrogens (tertiary/aromatic N) is 2. The minimum absolute atomic E-state index is 0.0973. The Morgan fingerprint density at radius 1 is 1.50 bits per heavy atom. The van der Waals surface area contributed by atoms with Crippen molar-refractivity contribution in [2.45, 2.75) is 31.4 Å². The van der Waals surface area contributed by atoms with Gasteiger partial charge >= 0.3 is 122 Å². The first kappa shape index (κ1) is 13.9. The van der Waals surface area contributed by atoms with Gasteiger partial charge in [0, 0.05) is 0 Å². The van der Waals surface area contributed by atoms with Crippen LogP contribution >= 0.6 is 0 Å². The average molecular weight is 440 g/mol. The first-order valence-electron chi connectivity index (χ1n) is 6.00. The summed E-state index contributed by atoms with van der Waals surface area (Å²) in [6, 6.07) is 6.74. The molecule has 0 aromatic heterocycles. The van der Waals surface area contributed by atoms with Gasteiger partial charge in [0.1, 0.15) is 0 Å². The van der Waals surface area contributed by atoms with Crippen LogP contribution in [0.3, 0.4) is 0 Å². The summed E-state index contributed by atoms with van der Waals surface area (Å²) in [5, 5.41) is 20.7. The second-order valence-corrected chi connectivity index (χ2v) is 7.22. The maximum atomic E-state index is 10.5. The molecule has 1 aromatic carbocycles. The standard InChI is InChI=1S/C12H15N2O3.Tl/c15-12(11-2-1-7-13-11)8-9-3-5-10(6-4-9)14(16)17;/h3-6,11-12,15H,1-2,7-8H2;/q-1;+1/t11-,12?;/m0./s1. The van der Waals surface area contributed by atoms with Crippen LogP contribution in [-0.4, -0.2) is 57.5 Å². The summed E-state index contributed by atoms with van der Waals surface area (Å²) in [7, 11) is 0. The summed E-state index contributed by atoms with van der Waals surface area (Å²) in [6.07, 6.45) is 2.44. The van der Waals surface area contributed by atoms with Crippen molar-refractivity contribution in [2.24, 2.45) is 0 Å². The van der Waals surface area contributed by atoms with Crippen LogP contribution in [0, 0.1) is 10.1 Å². The quantitative estimate of drug-likeness (QED) is 0.433. The van der Waals surface area contributed by atoms with E-state index >= 15 is 0 Å². The molecule has 0 aliphatic carbocycles. The Morgan fingerprint density at radius 2 is 2.17 bits per heavy atom. The second kappa shape index (κ2) is 6.07. The molecule has 1 heterocycles. The summed E-state index contributed by atoms with van der Waals surface area (Å²) >= 11 is 0.772. The van der Waals surface area contributed by atoms with Gasteiger partial charge in [-0.1, -0.05) is 0 Å². The predicted molar refractivity (Wildman–Crippen MR) is 68.3 cm³/mol. The third-order valence-electron chi connectivity index (χ3n) is 3.38. The molecule has 0 bridgehead atoms. The number of hydrogen-bond donors (Lipinski definition) is 1. The van der Waals surface area contributed by atoms with Gasteiger partial charge in [-0.3, -0.25) is 0 Å². The minimum atomic E-state index is -0.405. The van der Waals surface area contributed by atoms with E-state index in [2.05, 4.69) is 2.71 Å². The molecule has 1 N–H and O–H groups in total. The van der Waals surface area contributed by atoms with Crippen LogP contribution in [0.25, 0.3) is 0 Å². The maximum absolute atomic E-state index is 10.5. The number of rotatable bonds is 4. The van der Waals surface area contributed by atoms with E-state index in [9.17, 15) is 15.2 Å². The second-order valence-electron chi connectivity index (χ2n) is 4.64. The zero-order valence-electron chi connectivity index (χ0n) is 10.0. The van der Waals surface area contributed by atoms with Crippen molar-refractivity contribution in [2.75, 3.05) is 6.54 Å². The zero-order valence-corrected chi connectivity index (χ0v) is 14.5. The first-order valence-corrected chi connectivity index (χ1v) is 8.01. The van der Waals surface area contributed by atoms with Gasteiger partial charge in [-0.15, -0.1) is 0 Å². The summed E-state index contributed by atoms with van der Waals surface area (Å²) in [5.41, 5.74) is 1.05. The summed E-state index contributed by atoms with van der Waals surface area (Å²) < 4.78 is 2.34. The fraction of sp³-hybridized carbons (Fsp3) is 0.500. The molecule has 1 saturated heterocycles. The molecule has 2 atom stereocenters. The number of nitro benzene ring substituents is 1. The molecule has 0 spiro atoms. The third-order valence-corrected chi connectivity index (χ3v) is 5.87. The van der Waals surface area contributed by atoms with E-state index in [0.717, 1.165) is 44.6 Å². The molecule has 0 saturated carbocycles. The monoisotopic (exact) mass is 440 g/mol. The molecule has 0 amide bonds. The van der Waals surface area contributed by atoms with E-state index in [4.69, 9.17) is 0 Å². The summed E-state index contributed by atoms with van der Waals surface area (Å²) in [4.78, 5) is 10.1. The van der Waals surface area contributed by atoms with E-state index in [1.807, 2.05) is 0 Å². The number of non-ortho nitro benzene ring substituents is 1. The first-order chi connectivity index (χ1) is 8.58. The molecule has 1 aliphatic heterocycles. The number of aliphatic hydroxyl groups is 1. The molecule has 1 fully saturated rings. The molecule has 1 aromatic rings. The molecule has 18 heavy (non-hydrogen) atoms. The third kappa shape index (κ3) is 3.27. The van der Waals surface area contributed by atoms with Crippen molar-refractivity contribution >= 4 is 31.8 Å². The van der Waals surface area contributed by atoms with Crippen LogP contribution in [-0.2, 0) is 6.42 Å². The molecule has 2 rings (SSSR count). The van der Waals surface area contributed by atoms with Crippen LogP contribution in [0.15, 0.2) is 24.3 Å². The predicted octanol–water partition coefficient (Wildman–Crippen LogP) is 1.05. The molecule has 6 heteroatoms. The normalized spacial score (nSPS) is 21.9. The Labute approximate surface area is 122 Å². The van der Waals surface area contributed by atoms with Crippen LogP contribution in [0.5, 0.6) is 0 Å². The van der Waals surface area contributed by atoms with Gasteiger partial charge in [0.25, 0.3) is 0 Å². The van der Waals surface area contributed by atoms with Gasteiger partial charge in [-0.05, 0) is 0 Å². The molecule has 94 valence electrons. The molecule has 1 unspecified atom stereocenters. The van der Waals surface area contributed by atoms with Gasteiger partial charge in [-0.25, -0.2) is 0 Å². The fourth-order valence-corrected chi connectivity index (χ4v) is 4.42. The van der Waals surface area contributed by atoms with Gasteiger partial charge in [0.15, 0.2) is 0 Å². The van der Waals surface area contributed by atoms with E-state index < -0.39 is 4.92 Å². The Balaban J connectivity index is 1.98. The Kier molecular flexibility index (Phi) is 4.68. The van der Waals surface area contributed by atoms with Crippen LogP contribution in [0.1, 0.15) is 18.4 Å². The van der Waals surface area contributed by atoms with E-state index in [1.54, 1.807) is 12.1 Å². The number of aliphatic hydroxyl groups excluding tert-OH is 1. The Hall–Kier alpha value is -0.538. The van der Waals surface area contributed by atoms with Crippen molar-refractivity contribution in [1.29, 1.82) is 0 Å². The van der Waals surface area contributed by atoms with Crippen molar-refractivity contribution in [3.8, 4) is 0 Å². The van der Waals surface area contributed by atoms with Crippen molar-refractivity contribution < 1.29 is 10.0 Å². The SMILES string of the molecule is O=[N+]([O-])c1ccc(CC(O)[C@@H]2CCC[N]2[Tl])cc1. The molecular weight excluding hydrogens is 425 g/mol. The molecular formula is C12H15N2O3Tl. The Morgan fingerprint density at radius 3 is 2.67 bits per heavy atom. The van der Waals surface area contributed by atoms with Gasteiger partial charge < -0.3 is 0 Å². The number of benzene rings is 1. The molecule has 0 radical (unpaired) electrons.